The maximum Gasteiger partial charge on any atom is 0.0540 e. The first-order valence-corrected chi connectivity index (χ1v) is 20.9. The van der Waals surface area contributed by atoms with Crippen LogP contribution in [0.25, 0.3) is 54.9 Å². The highest BCUT2D eigenvalue weighted by Gasteiger charge is 2.76. The number of rotatable bonds is 5. The number of hydrogen-bond donors (Lipinski definition) is 0. The molecule has 0 radical (unpaired) electrons. The highest BCUT2D eigenvalue weighted by Crippen LogP contribution is 2.83. The number of hydrogen-bond acceptors (Lipinski definition) is 1. The Morgan fingerprint density at radius 2 is 1.12 bits per heavy atom. The first kappa shape index (κ1) is 31.3. The van der Waals surface area contributed by atoms with E-state index in [0.717, 1.165) is 29.4 Å². The number of anilines is 3. The monoisotopic (exact) mass is 717 g/mol. The summed E-state index contributed by atoms with van der Waals surface area (Å²) in [4.78, 5) is 2.48. The maximum atomic E-state index is 2.57. The first-order valence-electron chi connectivity index (χ1n) is 20.9. The summed E-state index contributed by atoms with van der Waals surface area (Å²) in [7, 11) is 0. The molecule has 1 nitrogen and oxygen atoms in total. The van der Waals surface area contributed by atoms with E-state index >= 15 is 0 Å². The summed E-state index contributed by atoms with van der Waals surface area (Å²) in [5, 5.41) is 4.97. The molecule has 56 heavy (non-hydrogen) atoms. The highest BCUT2D eigenvalue weighted by molar-refractivity contribution is 6.09. The molecule has 0 aromatic heterocycles. The second-order valence-electron chi connectivity index (χ2n) is 17.8. The molecule has 13 rings (SSSR count). The topological polar surface area (TPSA) is 3.24 Å². The summed E-state index contributed by atoms with van der Waals surface area (Å²) in [6.07, 6.45) is 7.36. The minimum absolute atomic E-state index is 0.220. The zero-order valence-electron chi connectivity index (χ0n) is 31.5. The normalized spacial score (nSPS) is 26.0. The summed E-state index contributed by atoms with van der Waals surface area (Å²) in [5.74, 6) is 3.57. The Hall–Kier alpha value is -5.92. The van der Waals surface area contributed by atoms with E-state index in [0.29, 0.717) is 5.41 Å². The molecular weight excluding hydrogens is 675 g/mol. The van der Waals surface area contributed by atoms with Gasteiger partial charge in [0, 0.05) is 21.9 Å². The van der Waals surface area contributed by atoms with Gasteiger partial charge in [0.25, 0.3) is 0 Å². The largest absolute Gasteiger partial charge is 0.309 e. The van der Waals surface area contributed by atoms with E-state index in [1.54, 1.807) is 11.1 Å². The summed E-state index contributed by atoms with van der Waals surface area (Å²) >= 11 is 0. The van der Waals surface area contributed by atoms with Gasteiger partial charge in [-0.25, -0.2) is 0 Å². The minimum atomic E-state index is 0.220. The van der Waals surface area contributed by atoms with Crippen molar-refractivity contribution < 1.29 is 0 Å². The van der Waals surface area contributed by atoms with Gasteiger partial charge in [-0.2, -0.15) is 0 Å². The Morgan fingerprint density at radius 1 is 0.429 bits per heavy atom. The van der Waals surface area contributed by atoms with Gasteiger partial charge in [-0.1, -0.05) is 146 Å². The smallest absolute Gasteiger partial charge is 0.0540 e. The van der Waals surface area contributed by atoms with Gasteiger partial charge in [-0.3, -0.25) is 0 Å². The van der Waals surface area contributed by atoms with Crippen molar-refractivity contribution in [1.29, 1.82) is 0 Å². The Bertz CT molecular complexity index is 2880. The Kier molecular flexibility index (Phi) is 6.33. The van der Waals surface area contributed by atoms with E-state index in [1.165, 1.54) is 98.4 Å². The van der Waals surface area contributed by atoms with Crippen molar-refractivity contribution in [1.82, 2.24) is 0 Å². The number of benzene rings is 8. The van der Waals surface area contributed by atoms with Gasteiger partial charge in [-0.05, 0) is 147 Å². The van der Waals surface area contributed by atoms with E-state index in [-0.39, 0.29) is 5.41 Å². The zero-order valence-corrected chi connectivity index (χ0v) is 31.5. The lowest BCUT2D eigenvalue weighted by atomic mass is 9.49. The fourth-order valence-corrected chi connectivity index (χ4v) is 13.6. The van der Waals surface area contributed by atoms with Crippen molar-refractivity contribution in [3.63, 3.8) is 0 Å². The molecule has 0 aliphatic heterocycles. The molecule has 0 heterocycles. The van der Waals surface area contributed by atoms with Gasteiger partial charge in [0.15, 0.2) is 0 Å². The van der Waals surface area contributed by atoms with Crippen LogP contribution in [-0.4, -0.2) is 0 Å². The van der Waals surface area contributed by atoms with Crippen LogP contribution in [-0.2, 0) is 5.41 Å². The van der Waals surface area contributed by atoms with E-state index < -0.39 is 0 Å². The predicted octanol–water partition coefficient (Wildman–Crippen LogP) is 14.5. The molecule has 4 fully saturated rings. The Balaban J connectivity index is 0.943. The van der Waals surface area contributed by atoms with E-state index in [2.05, 4.69) is 181 Å². The van der Waals surface area contributed by atoms with E-state index in [9.17, 15) is 0 Å². The summed E-state index contributed by atoms with van der Waals surface area (Å²) in [6.45, 7) is 0. The lowest BCUT2D eigenvalue weighted by Crippen LogP contribution is -2.50. The van der Waals surface area contributed by atoms with Crippen LogP contribution in [0.1, 0.15) is 43.2 Å². The lowest BCUT2D eigenvalue weighted by molar-refractivity contribution is -0.0193. The van der Waals surface area contributed by atoms with Crippen molar-refractivity contribution in [2.75, 3.05) is 4.90 Å². The molecule has 0 amide bonds. The summed E-state index contributed by atoms with van der Waals surface area (Å²) in [6, 6.07) is 66.2. The fourth-order valence-electron chi connectivity index (χ4n) is 13.6. The molecule has 268 valence electrons. The average molecular weight is 718 g/mol. The van der Waals surface area contributed by atoms with Crippen molar-refractivity contribution in [3.8, 4) is 33.4 Å². The van der Waals surface area contributed by atoms with Gasteiger partial charge in [-0.15, -0.1) is 0 Å². The Labute approximate surface area is 329 Å². The molecule has 6 atom stereocenters. The molecular formula is C55H43N. The molecule has 5 aliphatic carbocycles. The molecule has 1 heteroatoms. The molecule has 0 N–H and O–H groups in total. The maximum absolute atomic E-state index is 2.57. The van der Waals surface area contributed by atoms with Crippen molar-refractivity contribution in [2.45, 2.75) is 37.5 Å². The average Bonchev–Trinajstić information content (AvgIpc) is 3.72. The highest BCUT2D eigenvalue weighted by atomic mass is 15.1. The van der Waals surface area contributed by atoms with Crippen LogP contribution in [0.4, 0.5) is 17.1 Å². The van der Waals surface area contributed by atoms with E-state index in [4.69, 9.17) is 0 Å². The minimum Gasteiger partial charge on any atom is -0.309 e. The lowest BCUT2D eigenvalue weighted by Gasteiger charge is -2.54. The van der Waals surface area contributed by atoms with Crippen molar-refractivity contribution >= 4 is 38.6 Å². The van der Waals surface area contributed by atoms with Crippen LogP contribution < -0.4 is 4.90 Å². The van der Waals surface area contributed by atoms with Gasteiger partial charge in [0.2, 0.25) is 0 Å². The second-order valence-corrected chi connectivity index (χ2v) is 17.8. The van der Waals surface area contributed by atoms with Crippen LogP contribution in [0, 0.1) is 29.1 Å². The molecule has 8 aromatic rings. The first-order chi connectivity index (χ1) is 27.7. The quantitative estimate of drug-likeness (QED) is 0.171. The third kappa shape index (κ3) is 4.01. The number of fused-ring (bicyclic) bond motifs is 11. The fraction of sp³-hybridized carbons (Fsp3) is 0.200. The van der Waals surface area contributed by atoms with Gasteiger partial charge >= 0.3 is 0 Å². The van der Waals surface area contributed by atoms with Crippen LogP contribution in [0.2, 0.25) is 0 Å². The molecule has 2 spiro atoms. The third-order valence-electron chi connectivity index (χ3n) is 15.6. The zero-order chi connectivity index (χ0) is 36.6. The summed E-state index contributed by atoms with van der Waals surface area (Å²) < 4.78 is 0. The molecule has 8 aromatic carbocycles. The second kappa shape index (κ2) is 11.3. The van der Waals surface area contributed by atoms with Crippen LogP contribution >= 0.6 is 0 Å². The van der Waals surface area contributed by atoms with Crippen molar-refractivity contribution in [3.05, 3.63) is 187 Å². The SMILES string of the molecule is c1ccc(-c2ccc(N(c3ccc(-c4ccc5c(c4)-c4ccccc4C54C5CC6CC7CC4C7(C6)C5)cc3)c3cccc4ccccc34)c3ccccc23)cc1. The predicted molar refractivity (Wildman–Crippen MR) is 233 cm³/mol. The summed E-state index contributed by atoms with van der Waals surface area (Å²) in [5.41, 5.74) is 15.7. The van der Waals surface area contributed by atoms with Gasteiger partial charge in [0.05, 0.1) is 11.4 Å². The third-order valence-corrected chi connectivity index (χ3v) is 15.6. The molecule has 3 bridgehead atoms. The standard InChI is InChI=1S/C55H43N/c1-2-11-37(12-3-1)43-26-28-52(47-18-7-6-16-45(43)47)56(51-20-10-14-38-13-4-5-15-44(38)51)42-24-21-36(22-25-42)39-23-27-50-48(31-39)46-17-8-9-19-49(46)55(50)41-30-35-29-40-32-53(55)54(40,33-35)34-41/h1-28,31,35,40-41,53H,29-30,32-34H2. The molecule has 0 saturated heterocycles. The van der Waals surface area contributed by atoms with Crippen LogP contribution in [0.3, 0.4) is 0 Å². The molecule has 4 saturated carbocycles. The van der Waals surface area contributed by atoms with Gasteiger partial charge < -0.3 is 4.90 Å². The Morgan fingerprint density at radius 3 is 2.02 bits per heavy atom. The van der Waals surface area contributed by atoms with Gasteiger partial charge in [0.1, 0.15) is 0 Å². The number of nitrogens with zero attached hydrogens (tertiary/aromatic N) is 1. The molecule has 6 unspecified atom stereocenters. The van der Waals surface area contributed by atoms with E-state index in [1.807, 2.05) is 0 Å². The van der Waals surface area contributed by atoms with Crippen LogP contribution in [0.5, 0.6) is 0 Å². The molecule has 5 aliphatic rings. The van der Waals surface area contributed by atoms with Crippen LogP contribution in [0.15, 0.2) is 176 Å². The van der Waals surface area contributed by atoms with Crippen molar-refractivity contribution in [2.24, 2.45) is 29.1 Å².